The van der Waals surface area contributed by atoms with Crippen LogP contribution in [-0.2, 0) is 19.4 Å². The number of ether oxygens (including phenoxy) is 1. The molecule has 0 saturated carbocycles. The fraction of sp³-hybridized carbons (Fsp3) is 0.429. The van der Waals surface area contributed by atoms with E-state index < -0.39 is 15.8 Å². The molecule has 0 spiro atoms. The van der Waals surface area contributed by atoms with Crippen molar-refractivity contribution >= 4 is 27.4 Å². The van der Waals surface area contributed by atoms with E-state index in [1.165, 1.54) is 13.2 Å². The molecule has 1 aliphatic heterocycles. The first kappa shape index (κ1) is 15.5. The topological polar surface area (TPSA) is 89.5 Å². The number of carbonyl (C=O) groups is 2. The van der Waals surface area contributed by atoms with Gasteiger partial charge >= 0.3 is 5.97 Å². The monoisotopic (exact) mass is 311 g/mol. The Kier molecular flexibility index (Phi) is 4.62. The molecular weight excluding hydrogens is 294 g/mol. The van der Waals surface area contributed by atoms with E-state index in [4.69, 9.17) is 0 Å². The Labute approximate surface area is 123 Å². The van der Waals surface area contributed by atoms with Crippen molar-refractivity contribution in [2.75, 3.05) is 23.9 Å². The molecular formula is C14H17NO5S. The van der Waals surface area contributed by atoms with Gasteiger partial charge in [-0.15, -0.1) is 0 Å². The van der Waals surface area contributed by atoms with Crippen molar-refractivity contribution < 1.29 is 22.7 Å². The number of carbonyl (C=O) groups excluding carboxylic acids is 2. The molecule has 1 atom stereocenters. The van der Waals surface area contributed by atoms with Crippen molar-refractivity contribution in [3.63, 3.8) is 0 Å². The normalized spacial score (nSPS) is 20.0. The van der Waals surface area contributed by atoms with Gasteiger partial charge in [-0.05, 0) is 30.5 Å². The third kappa shape index (κ3) is 4.29. The average Bonchev–Trinajstić information content (AvgIpc) is 2.77. The molecule has 1 amide bonds. The lowest BCUT2D eigenvalue weighted by Crippen LogP contribution is -2.17. The number of amides is 1. The van der Waals surface area contributed by atoms with Crippen molar-refractivity contribution in [2.24, 2.45) is 5.92 Å². The van der Waals surface area contributed by atoms with Gasteiger partial charge in [0, 0.05) is 12.1 Å². The van der Waals surface area contributed by atoms with Crippen molar-refractivity contribution in [1.82, 2.24) is 0 Å². The SMILES string of the molecule is COC(=O)c1cccc(NC(=O)CC2CCS(=O)(=O)C2)c1. The molecule has 0 radical (unpaired) electrons. The van der Waals surface area contributed by atoms with Crippen LogP contribution in [-0.4, -0.2) is 38.9 Å². The minimum Gasteiger partial charge on any atom is -0.465 e. The number of esters is 1. The number of nitrogens with one attached hydrogen (secondary N) is 1. The van der Waals surface area contributed by atoms with Gasteiger partial charge in [0.15, 0.2) is 9.84 Å². The lowest BCUT2D eigenvalue weighted by molar-refractivity contribution is -0.116. The Morgan fingerprint density at radius 1 is 1.38 bits per heavy atom. The van der Waals surface area contributed by atoms with Gasteiger partial charge in [0.2, 0.25) is 5.91 Å². The highest BCUT2D eigenvalue weighted by Crippen LogP contribution is 2.22. The maximum absolute atomic E-state index is 11.9. The van der Waals surface area contributed by atoms with E-state index in [9.17, 15) is 18.0 Å². The highest BCUT2D eigenvalue weighted by Gasteiger charge is 2.29. The van der Waals surface area contributed by atoms with E-state index in [0.717, 1.165) is 0 Å². The van der Waals surface area contributed by atoms with E-state index in [-0.39, 0.29) is 29.8 Å². The molecule has 2 rings (SSSR count). The van der Waals surface area contributed by atoms with Crippen LogP contribution in [0.25, 0.3) is 0 Å². The van der Waals surface area contributed by atoms with Crippen molar-refractivity contribution in [2.45, 2.75) is 12.8 Å². The highest BCUT2D eigenvalue weighted by molar-refractivity contribution is 7.91. The maximum atomic E-state index is 11.9. The van der Waals surface area contributed by atoms with Crippen LogP contribution in [0.15, 0.2) is 24.3 Å². The number of rotatable bonds is 4. The van der Waals surface area contributed by atoms with Gasteiger partial charge in [0.25, 0.3) is 0 Å². The molecule has 0 aliphatic carbocycles. The van der Waals surface area contributed by atoms with Gasteiger partial charge in [-0.25, -0.2) is 13.2 Å². The zero-order chi connectivity index (χ0) is 15.5. The predicted molar refractivity (Wildman–Crippen MR) is 77.8 cm³/mol. The second-order valence-corrected chi connectivity index (χ2v) is 7.32. The van der Waals surface area contributed by atoms with Gasteiger partial charge in [-0.2, -0.15) is 0 Å². The molecule has 0 bridgehead atoms. The Hall–Kier alpha value is -1.89. The first-order chi connectivity index (χ1) is 9.89. The van der Waals surface area contributed by atoms with Crippen LogP contribution in [0.2, 0.25) is 0 Å². The summed E-state index contributed by atoms with van der Waals surface area (Å²) in [4.78, 5) is 23.3. The highest BCUT2D eigenvalue weighted by atomic mass is 32.2. The minimum atomic E-state index is -2.98. The van der Waals surface area contributed by atoms with E-state index in [1.807, 2.05) is 0 Å². The van der Waals surface area contributed by atoms with Crippen LogP contribution in [0.4, 0.5) is 5.69 Å². The number of hydrogen-bond donors (Lipinski definition) is 1. The molecule has 1 aromatic carbocycles. The Morgan fingerprint density at radius 3 is 2.76 bits per heavy atom. The number of sulfone groups is 1. The average molecular weight is 311 g/mol. The smallest absolute Gasteiger partial charge is 0.337 e. The van der Waals surface area contributed by atoms with Crippen molar-refractivity contribution in [3.05, 3.63) is 29.8 Å². The van der Waals surface area contributed by atoms with Gasteiger partial charge < -0.3 is 10.1 Å². The predicted octanol–water partition coefficient (Wildman–Crippen LogP) is 1.24. The zero-order valence-electron chi connectivity index (χ0n) is 11.7. The number of methoxy groups -OCH3 is 1. The van der Waals surface area contributed by atoms with Crippen LogP contribution in [0.3, 0.4) is 0 Å². The molecule has 1 heterocycles. The first-order valence-electron chi connectivity index (χ1n) is 6.58. The third-order valence-corrected chi connectivity index (χ3v) is 5.21. The quantitative estimate of drug-likeness (QED) is 0.845. The summed E-state index contributed by atoms with van der Waals surface area (Å²) in [7, 11) is -1.69. The molecule has 1 aromatic rings. The Balaban J connectivity index is 1.95. The Morgan fingerprint density at radius 2 is 2.14 bits per heavy atom. The summed E-state index contributed by atoms with van der Waals surface area (Å²) in [5.74, 6) is -0.628. The molecule has 7 heteroatoms. The van der Waals surface area contributed by atoms with Gasteiger partial charge in [0.05, 0.1) is 24.2 Å². The summed E-state index contributed by atoms with van der Waals surface area (Å²) in [6.07, 6.45) is 0.694. The fourth-order valence-electron chi connectivity index (χ4n) is 2.35. The molecule has 114 valence electrons. The van der Waals surface area contributed by atoms with E-state index in [0.29, 0.717) is 17.7 Å². The van der Waals surface area contributed by atoms with Crippen molar-refractivity contribution in [1.29, 1.82) is 0 Å². The first-order valence-corrected chi connectivity index (χ1v) is 8.40. The summed E-state index contributed by atoms with van der Waals surface area (Å²) < 4.78 is 27.3. The second-order valence-electron chi connectivity index (χ2n) is 5.09. The molecule has 21 heavy (non-hydrogen) atoms. The molecule has 1 aliphatic rings. The summed E-state index contributed by atoms with van der Waals surface area (Å²) >= 11 is 0. The molecule has 1 fully saturated rings. The van der Waals surface area contributed by atoms with Gasteiger partial charge in [0.1, 0.15) is 0 Å². The van der Waals surface area contributed by atoms with Crippen LogP contribution in [0.5, 0.6) is 0 Å². The van der Waals surface area contributed by atoms with Gasteiger partial charge in [-0.1, -0.05) is 6.07 Å². The van der Waals surface area contributed by atoms with Crippen LogP contribution < -0.4 is 5.32 Å². The van der Waals surface area contributed by atoms with E-state index in [1.54, 1.807) is 18.2 Å². The molecule has 6 nitrogen and oxygen atoms in total. The third-order valence-electron chi connectivity index (χ3n) is 3.37. The largest absolute Gasteiger partial charge is 0.465 e. The Bertz CT molecular complexity index is 653. The molecule has 1 saturated heterocycles. The molecule has 1 N–H and O–H groups in total. The van der Waals surface area contributed by atoms with Crippen molar-refractivity contribution in [3.8, 4) is 0 Å². The summed E-state index contributed by atoms with van der Waals surface area (Å²) in [5.41, 5.74) is 0.836. The summed E-state index contributed by atoms with van der Waals surface area (Å²) in [5, 5.41) is 2.67. The zero-order valence-corrected chi connectivity index (χ0v) is 12.5. The molecule has 1 unspecified atom stereocenters. The van der Waals surface area contributed by atoms with E-state index in [2.05, 4.69) is 10.1 Å². The van der Waals surface area contributed by atoms with E-state index >= 15 is 0 Å². The van der Waals surface area contributed by atoms with Gasteiger partial charge in [-0.3, -0.25) is 4.79 Å². The summed E-state index contributed by atoms with van der Waals surface area (Å²) in [6.45, 7) is 0. The van der Waals surface area contributed by atoms with Crippen LogP contribution >= 0.6 is 0 Å². The number of anilines is 1. The van der Waals surface area contributed by atoms with Crippen LogP contribution in [0.1, 0.15) is 23.2 Å². The maximum Gasteiger partial charge on any atom is 0.337 e. The molecule has 0 aromatic heterocycles. The second kappa shape index (κ2) is 6.26. The minimum absolute atomic E-state index is 0.0720. The number of benzene rings is 1. The lowest BCUT2D eigenvalue weighted by atomic mass is 10.0. The number of hydrogen-bond acceptors (Lipinski definition) is 5. The summed E-state index contributed by atoms with van der Waals surface area (Å²) in [6, 6.07) is 6.41. The van der Waals surface area contributed by atoms with Crippen LogP contribution in [0, 0.1) is 5.92 Å². The standard InChI is InChI=1S/C14H17NO5S/c1-20-14(17)11-3-2-4-12(8-11)15-13(16)7-10-5-6-21(18,19)9-10/h2-4,8,10H,5-7,9H2,1H3,(H,15,16). The lowest BCUT2D eigenvalue weighted by Gasteiger charge is -2.09. The fourth-order valence-corrected chi connectivity index (χ4v) is 4.21.